The third kappa shape index (κ3) is 9.46. The summed E-state index contributed by atoms with van der Waals surface area (Å²) < 4.78 is 4.77. The van der Waals surface area contributed by atoms with E-state index in [2.05, 4.69) is 74.4 Å². The molecule has 6 rings (SSSR count). The van der Waals surface area contributed by atoms with Crippen molar-refractivity contribution in [3.63, 3.8) is 0 Å². The molecule has 2 aliphatic rings. The van der Waals surface area contributed by atoms with Crippen LogP contribution >= 0.6 is 37.2 Å². The molecule has 2 aliphatic heterocycles. The van der Waals surface area contributed by atoms with E-state index in [4.69, 9.17) is 9.72 Å². The topological polar surface area (TPSA) is 128 Å². The first-order chi connectivity index (χ1) is 23.3. The van der Waals surface area contributed by atoms with Crippen LogP contribution in [0.15, 0.2) is 54.9 Å². The molecule has 2 amide bonds. The molecular weight excluding hydrogens is 709 g/mol. The number of hydrogen-bond acceptors (Lipinski definition) is 6. The maximum absolute atomic E-state index is 13.6. The van der Waals surface area contributed by atoms with Gasteiger partial charge in [0.2, 0.25) is 5.91 Å². The molecule has 3 atom stereocenters. The van der Waals surface area contributed by atoms with Gasteiger partial charge < -0.3 is 30.2 Å². The SMILES string of the molecule is COC(=O)N[C@H](C(=O)N1CCC[C@H]1c1ncc(-c2ccc(C#CC#Cc3cnc([C@@H]4CCCN4)[nH]3)c(-c3ccccc3C)c2)[nH]1)C(C)C.Cl.Cl.Cl. The van der Waals surface area contributed by atoms with Gasteiger partial charge in [-0.3, -0.25) is 4.79 Å². The van der Waals surface area contributed by atoms with E-state index in [-0.39, 0.29) is 61.1 Å². The zero-order valence-corrected chi connectivity index (χ0v) is 31.5. The number of nitrogens with one attached hydrogen (secondary N) is 4. The molecule has 2 saturated heterocycles. The van der Waals surface area contributed by atoms with Crippen molar-refractivity contribution in [2.45, 2.75) is 64.6 Å². The average Bonchev–Trinajstić information content (AvgIpc) is 3.92. The molecule has 4 heterocycles. The summed E-state index contributed by atoms with van der Waals surface area (Å²) in [5, 5.41) is 6.15. The molecular formula is C38H44Cl3N7O3. The Morgan fingerprint density at radius 2 is 1.71 bits per heavy atom. The Hall–Kier alpha value is -4.45. The fraction of sp³-hybridized carbons (Fsp3) is 0.368. The minimum atomic E-state index is -0.686. The highest BCUT2D eigenvalue weighted by Gasteiger charge is 2.37. The van der Waals surface area contributed by atoms with E-state index in [1.165, 1.54) is 7.11 Å². The zero-order valence-electron chi connectivity index (χ0n) is 29.0. The summed E-state index contributed by atoms with van der Waals surface area (Å²) in [6, 6.07) is 13.8. The van der Waals surface area contributed by atoms with Gasteiger partial charge in [0.15, 0.2) is 0 Å². The lowest BCUT2D eigenvalue weighted by Crippen LogP contribution is -2.51. The number of rotatable bonds is 7. The number of aromatic nitrogens is 4. The van der Waals surface area contributed by atoms with Crippen LogP contribution in [0.5, 0.6) is 0 Å². The Kier molecular flexibility index (Phi) is 15.0. The Morgan fingerprint density at radius 3 is 2.43 bits per heavy atom. The number of nitrogens with zero attached hydrogens (tertiary/aromatic N) is 3. The van der Waals surface area contributed by atoms with Gasteiger partial charge in [0.25, 0.3) is 0 Å². The van der Waals surface area contributed by atoms with E-state index in [9.17, 15) is 9.59 Å². The molecule has 0 radical (unpaired) electrons. The summed E-state index contributed by atoms with van der Waals surface area (Å²) in [7, 11) is 1.30. The lowest BCUT2D eigenvalue weighted by Gasteiger charge is -2.30. The van der Waals surface area contributed by atoms with Crippen LogP contribution in [0.2, 0.25) is 0 Å². The number of aryl methyl sites for hydroxylation is 1. The molecule has 2 aromatic carbocycles. The lowest BCUT2D eigenvalue weighted by molar-refractivity contribution is -0.135. The molecule has 2 fully saturated rings. The number of halogens is 3. The van der Waals surface area contributed by atoms with Crippen molar-refractivity contribution in [3.8, 4) is 46.1 Å². The number of imidazole rings is 2. The minimum absolute atomic E-state index is 0. The Bertz CT molecular complexity index is 1930. The zero-order chi connectivity index (χ0) is 33.6. The second-order valence-electron chi connectivity index (χ2n) is 12.6. The fourth-order valence-electron chi connectivity index (χ4n) is 6.46. The van der Waals surface area contributed by atoms with Gasteiger partial charge in [-0.05, 0) is 91.7 Å². The monoisotopic (exact) mass is 751 g/mol. The maximum Gasteiger partial charge on any atom is 0.407 e. The number of ether oxygens (including phenoxy) is 1. The number of carbonyl (C=O) groups is 2. The average molecular weight is 753 g/mol. The van der Waals surface area contributed by atoms with E-state index in [1.54, 1.807) is 6.20 Å². The summed E-state index contributed by atoms with van der Waals surface area (Å²) in [6.45, 7) is 7.51. The van der Waals surface area contributed by atoms with Gasteiger partial charge in [-0.2, -0.15) is 0 Å². The first-order valence-electron chi connectivity index (χ1n) is 16.5. The van der Waals surface area contributed by atoms with E-state index in [0.29, 0.717) is 6.54 Å². The summed E-state index contributed by atoms with van der Waals surface area (Å²) in [5.41, 5.74) is 6.64. The van der Waals surface area contributed by atoms with E-state index < -0.39 is 12.1 Å². The number of H-pyrrole nitrogens is 2. The van der Waals surface area contributed by atoms with Crippen molar-refractivity contribution in [1.29, 1.82) is 0 Å². The molecule has 10 nitrogen and oxygen atoms in total. The van der Waals surface area contributed by atoms with Crippen LogP contribution in [0.4, 0.5) is 4.79 Å². The number of methoxy groups -OCH3 is 1. The minimum Gasteiger partial charge on any atom is -0.453 e. The third-order valence-corrected chi connectivity index (χ3v) is 9.05. The van der Waals surface area contributed by atoms with Crippen LogP contribution in [0.1, 0.15) is 80.1 Å². The predicted molar refractivity (Wildman–Crippen MR) is 206 cm³/mol. The van der Waals surface area contributed by atoms with Crippen molar-refractivity contribution in [3.05, 3.63) is 83.3 Å². The van der Waals surface area contributed by atoms with Crippen molar-refractivity contribution in [1.82, 2.24) is 35.5 Å². The Balaban J connectivity index is 0.00000234. The van der Waals surface area contributed by atoms with Crippen LogP contribution in [0.3, 0.4) is 0 Å². The van der Waals surface area contributed by atoms with Crippen LogP contribution in [0.25, 0.3) is 22.4 Å². The number of alkyl carbamates (subject to hydrolysis) is 1. The highest BCUT2D eigenvalue weighted by atomic mass is 35.5. The van der Waals surface area contributed by atoms with Gasteiger partial charge in [-0.15, -0.1) is 37.2 Å². The highest BCUT2D eigenvalue weighted by molar-refractivity contribution is 5.87. The predicted octanol–water partition coefficient (Wildman–Crippen LogP) is 6.91. The number of benzene rings is 2. The lowest BCUT2D eigenvalue weighted by atomic mass is 9.94. The largest absolute Gasteiger partial charge is 0.453 e. The number of carbonyl (C=O) groups excluding carboxylic acids is 2. The second kappa shape index (κ2) is 18.7. The molecule has 0 spiro atoms. The van der Waals surface area contributed by atoms with Gasteiger partial charge in [0.05, 0.1) is 37.3 Å². The number of likely N-dealkylation sites (tertiary alicyclic amines) is 1. The molecule has 0 unspecified atom stereocenters. The second-order valence-corrected chi connectivity index (χ2v) is 12.6. The first kappa shape index (κ1) is 41.0. The van der Waals surface area contributed by atoms with E-state index in [0.717, 1.165) is 83.1 Å². The standard InChI is InChI=1S/C38H41N7O3.3ClH/c1-24(2)34(44-38(47)48-4)37(46)45-20-10-16-33(45)36-41-23-32(43-36)27-18-17-26(30(21-27)29-14-8-5-11-25(29)3)12-6-7-13-28-22-40-35(42-28)31-15-9-19-39-31;;;/h5,8,11,14,17-18,21-24,31,33-34,39H,9-10,15-16,19-20H2,1-4H3,(H,40,42)(H,41,43)(H,44,47);3*1H/t31-,33-,34-;;;/m0.../s1. The van der Waals surface area contributed by atoms with Crippen LogP contribution in [-0.2, 0) is 9.53 Å². The molecule has 51 heavy (non-hydrogen) atoms. The molecule has 4 N–H and O–H groups in total. The molecule has 13 heteroatoms. The van der Waals surface area contributed by atoms with Gasteiger partial charge in [-0.1, -0.05) is 50.1 Å². The van der Waals surface area contributed by atoms with Gasteiger partial charge >= 0.3 is 6.09 Å². The molecule has 0 bridgehead atoms. The normalized spacial score (nSPS) is 16.7. The van der Waals surface area contributed by atoms with Crippen LogP contribution < -0.4 is 10.6 Å². The van der Waals surface area contributed by atoms with Gasteiger partial charge in [-0.25, -0.2) is 14.8 Å². The number of amides is 2. The van der Waals surface area contributed by atoms with Crippen molar-refractivity contribution in [2.75, 3.05) is 20.2 Å². The van der Waals surface area contributed by atoms with Gasteiger partial charge in [0, 0.05) is 17.7 Å². The highest BCUT2D eigenvalue weighted by Crippen LogP contribution is 2.35. The van der Waals surface area contributed by atoms with Crippen LogP contribution in [0, 0.1) is 36.5 Å². The first-order valence-corrected chi connectivity index (χ1v) is 16.5. The summed E-state index contributed by atoms with van der Waals surface area (Å²) in [5.74, 6) is 13.8. The van der Waals surface area contributed by atoms with Crippen molar-refractivity contribution in [2.24, 2.45) is 5.92 Å². The Labute approximate surface area is 318 Å². The smallest absolute Gasteiger partial charge is 0.407 e. The molecule has 2 aromatic heterocycles. The Morgan fingerprint density at radius 1 is 0.941 bits per heavy atom. The summed E-state index contributed by atoms with van der Waals surface area (Å²) in [4.78, 5) is 43.4. The van der Waals surface area contributed by atoms with Crippen molar-refractivity contribution < 1.29 is 14.3 Å². The summed E-state index contributed by atoms with van der Waals surface area (Å²) >= 11 is 0. The molecule has 0 aliphatic carbocycles. The molecule has 4 aromatic rings. The number of hydrogen-bond donors (Lipinski definition) is 4. The molecule has 270 valence electrons. The number of aromatic amines is 2. The molecule has 0 saturated carbocycles. The third-order valence-electron chi connectivity index (χ3n) is 9.05. The summed E-state index contributed by atoms with van der Waals surface area (Å²) in [6.07, 6.45) is 6.82. The quantitative estimate of drug-likeness (QED) is 0.152. The van der Waals surface area contributed by atoms with Gasteiger partial charge in [0.1, 0.15) is 23.4 Å². The van der Waals surface area contributed by atoms with Crippen molar-refractivity contribution >= 4 is 49.2 Å². The van der Waals surface area contributed by atoms with E-state index in [1.807, 2.05) is 49.2 Å². The van der Waals surface area contributed by atoms with Crippen LogP contribution in [-0.4, -0.2) is 63.1 Å². The maximum atomic E-state index is 13.6. The van der Waals surface area contributed by atoms with E-state index >= 15 is 0 Å². The fourth-order valence-corrected chi connectivity index (χ4v) is 6.46.